The van der Waals surface area contributed by atoms with Crippen molar-refractivity contribution in [1.82, 2.24) is 19.9 Å². The SMILES string of the molecule is C[C@@H]1CN(c2cc(F)c(-c3cnc(N4CCOCC4)nc3)cc2NC(=O)c2cocn2)C[C@H](C)N1C. The molecule has 2 saturated heterocycles. The summed E-state index contributed by atoms with van der Waals surface area (Å²) in [4.78, 5) is 32.1. The lowest BCUT2D eigenvalue weighted by atomic mass is 10.0. The monoisotopic (exact) mass is 495 g/mol. The summed E-state index contributed by atoms with van der Waals surface area (Å²) in [7, 11) is 2.09. The molecule has 0 radical (unpaired) electrons. The molecule has 10 nitrogen and oxygen atoms in total. The number of morpholine rings is 1. The molecule has 4 heterocycles. The highest BCUT2D eigenvalue weighted by Gasteiger charge is 2.29. The van der Waals surface area contributed by atoms with Gasteiger partial charge in [0.2, 0.25) is 5.95 Å². The first-order chi connectivity index (χ1) is 17.4. The fraction of sp³-hybridized carbons (Fsp3) is 0.440. The number of hydrogen-bond donors (Lipinski definition) is 1. The number of amides is 1. The van der Waals surface area contributed by atoms with Crippen LogP contribution in [0.2, 0.25) is 0 Å². The van der Waals surface area contributed by atoms with Crippen LogP contribution >= 0.6 is 0 Å². The molecule has 1 amide bonds. The molecular formula is C25H30FN7O3. The van der Waals surface area contributed by atoms with Crippen molar-refractivity contribution >= 4 is 23.2 Å². The molecule has 1 aromatic carbocycles. The van der Waals surface area contributed by atoms with Gasteiger partial charge in [0.05, 0.1) is 24.6 Å². The number of rotatable bonds is 5. The molecule has 190 valence electrons. The minimum atomic E-state index is -0.434. The summed E-state index contributed by atoms with van der Waals surface area (Å²) >= 11 is 0. The number of benzene rings is 1. The molecule has 1 N–H and O–H groups in total. The molecule has 11 heteroatoms. The zero-order valence-corrected chi connectivity index (χ0v) is 20.6. The Morgan fingerprint density at radius 1 is 1.06 bits per heavy atom. The number of aromatic nitrogens is 3. The predicted octanol–water partition coefficient (Wildman–Crippen LogP) is 2.89. The van der Waals surface area contributed by atoms with Crippen molar-refractivity contribution in [3.05, 3.63) is 48.7 Å². The van der Waals surface area contributed by atoms with Gasteiger partial charge in [0.15, 0.2) is 12.1 Å². The molecule has 2 aliphatic rings. The molecule has 0 bridgehead atoms. The number of hydrogen-bond acceptors (Lipinski definition) is 9. The van der Waals surface area contributed by atoms with Crippen LogP contribution in [0.1, 0.15) is 24.3 Å². The highest BCUT2D eigenvalue weighted by Crippen LogP contribution is 2.36. The Labute approximate surface area is 209 Å². The van der Waals surface area contributed by atoms with Gasteiger partial charge in [-0.2, -0.15) is 0 Å². The molecule has 2 atom stereocenters. The first-order valence-electron chi connectivity index (χ1n) is 12.1. The van der Waals surface area contributed by atoms with Gasteiger partial charge in [0.25, 0.3) is 5.91 Å². The van der Waals surface area contributed by atoms with Crippen LogP contribution in [0.15, 0.2) is 41.6 Å². The third kappa shape index (κ3) is 4.89. The van der Waals surface area contributed by atoms with Crippen molar-refractivity contribution < 1.29 is 18.3 Å². The lowest BCUT2D eigenvalue weighted by Crippen LogP contribution is -2.55. The Morgan fingerprint density at radius 3 is 2.39 bits per heavy atom. The Kier molecular flexibility index (Phi) is 6.84. The first-order valence-corrected chi connectivity index (χ1v) is 12.1. The zero-order chi connectivity index (χ0) is 25.2. The standard InChI is InChI=1S/C25H30FN7O3/c1-16-12-33(13-17(2)31(16)3)23-9-20(26)19(8-21(23)30-24(34)22-14-36-15-29-22)18-10-27-25(28-11-18)32-4-6-35-7-5-32/h8-11,14-17H,4-7,12-13H2,1-3H3,(H,30,34)/t16-,17+. The van der Waals surface area contributed by atoms with E-state index in [1.807, 2.05) is 4.90 Å². The van der Waals surface area contributed by atoms with Crippen molar-refractivity contribution in [3.8, 4) is 11.1 Å². The predicted molar refractivity (Wildman–Crippen MR) is 134 cm³/mol. The number of nitrogens with one attached hydrogen (secondary N) is 1. The number of likely N-dealkylation sites (N-methyl/N-ethyl adjacent to an activating group) is 1. The molecule has 0 spiro atoms. The number of piperazine rings is 1. The Hall–Kier alpha value is -3.57. The summed E-state index contributed by atoms with van der Waals surface area (Å²) in [5.41, 5.74) is 2.07. The van der Waals surface area contributed by atoms with E-state index in [4.69, 9.17) is 9.15 Å². The van der Waals surface area contributed by atoms with Crippen LogP contribution in [0, 0.1) is 5.82 Å². The van der Waals surface area contributed by atoms with Crippen LogP contribution in [0.4, 0.5) is 21.7 Å². The maximum absolute atomic E-state index is 15.5. The second-order valence-electron chi connectivity index (χ2n) is 9.32. The number of carbonyl (C=O) groups is 1. The molecule has 5 rings (SSSR count). The number of ether oxygens (including phenoxy) is 1. The maximum atomic E-state index is 15.5. The minimum absolute atomic E-state index is 0.144. The molecular weight excluding hydrogens is 465 g/mol. The average Bonchev–Trinajstić information content (AvgIpc) is 3.44. The van der Waals surface area contributed by atoms with Gasteiger partial charge in [-0.1, -0.05) is 0 Å². The number of nitrogens with zero attached hydrogens (tertiary/aromatic N) is 6. The highest BCUT2D eigenvalue weighted by molar-refractivity contribution is 6.05. The lowest BCUT2D eigenvalue weighted by molar-refractivity contribution is 0.102. The fourth-order valence-corrected chi connectivity index (χ4v) is 4.64. The van der Waals surface area contributed by atoms with Gasteiger partial charge >= 0.3 is 0 Å². The van der Waals surface area contributed by atoms with Gasteiger partial charge in [-0.15, -0.1) is 0 Å². The van der Waals surface area contributed by atoms with E-state index < -0.39 is 11.7 Å². The number of halogens is 1. The highest BCUT2D eigenvalue weighted by atomic mass is 19.1. The van der Waals surface area contributed by atoms with Crippen LogP contribution in [-0.4, -0.2) is 84.3 Å². The van der Waals surface area contributed by atoms with E-state index in [-0.39, 0.29) is 17.8 Å². The van der Waals surface area contributed by atoms with E-state index in [0.29, 0.717) is 67.8 Å². The van der Waals surface area contributed by atoms with Crippen molar-refractivity contribution in [1.29, 1.82) is 0 Å². The van der Waals surface area contributed by atoms with Crippen LogP contribution in [0.5, 0.6) is 0 Å². The number of carbonyl (C=O) groups excluding carboxylic acids is 1. The Balaban J connectivity index is 1.49. The molecule has 0 saturated carbocycles. The van der Waals surface area contributed by atoms with Crippen LogP contribution in [0.3, 0.4) is 0 Å². The number of oxazole rings is 1. The van der Waals surface area contributed by atoms with E-state index in [1.54, 1.807) is 18.5 Å². The zero-order valence-electron chi connectivity index (χ0n) is 20.6. The van der Waals surface area contributed by atoms with Gasteiger partial charge in [-0.25, -0.2) is 19.3 Å². The summed E-state index contributed by atoms with van der Waals surface area (Å²) in [6.07, 6.45) is 5.69. The smallest absolute Gasteiger partial charge is 0.277 e. The molecule has 0 aliphatic carbocycles. The lowest BCUT2D eigenvalue weighted by Gasteiger charge is -2.44. The molecule has 36 heavy (non-hydrogen) atoms. The Morgan fingerprint density at radius 2 is 1.75 bits per heavy atom. The third-order valence-electron chi connectivity index (χ3n) is 6.94. The number of anilines is 3. The van der Waals surface area contributed by atoms with E-state index in [9.17, 15) is 4.79 Å². The summed E-state index contributed by atoms with van der Waals surface area (Å²) < 4.78 is 25.9. The second kappa shape index (κ2) is 10.2. The van der Waals surface area contributed by atoms with Crippen molar-refractivity contribution in [3.63, 3.8) is 0 Å². The fourth-order valence-electron chi connectivity index (χ4n) is 4.64. The van der Waals surface area contributed by atoms with Crippen LogP contribution in [-0.2, 0) is 4.74 Å². The maximum Gasteiger partial charge on any atom is 0.277 e. The van der Waals surface area contributed by atoms with Gasteiger partial charge in [0.1, 0.15) is 12.1 Å². The molecule has 2 fully saturated rings. The minimum Gasteiger partial charge on any atom is -0.451 e. The van der Waals surface area contributed by atoms with Crippen LogP contribution in [0.25, 0.3) is 11.1 Å². The largest absolute Gasteiger partial charge is 0.451 e. The summed E-state index contributed by atoms with van der Waals surface area (Å²) in [5.74, 6) is -0.262. The van der Waals surface area contributed by atoms with E-state index in [0.717, 1.165) is 0 Å². The van der Waals surface area contributed by atoms with Crippen molar-refractivity contribution in [2.75, 3.05) is 61.6 Å². The van der Waals surface area contributed by atoms with Crippen molar-refractivity contribution in [2.24, 2.45) is 0 Å². The quantitative estimate of drug-likeness (QED) is 0.573. The van der Waals surface area contributed by atoms with E-state index in [1.165, 1.54) is 18.7 Å². The summed E-state index contributed by atoms with van der Waals surface area (Å²) in [6.45, 7) is 8.33. The van der Waals surface area contributed by atoms with Crippen molar-refractivity contribution in [2.45, 2.75) is 25.9 Å². The molecule has 2 aliphatic heterocycles. The topological polar surface area (TPSA) is 99.9 Å². The first kappa shape index (κ1) is 24.1. The van der Waals surface area contributed by atoms with Gasteiger partial charge in [0, 0.05) is 61.8 Å². The van der Waals surface area contributed by atoms with E-state index >= 15 is 4.39 Å². The molecule has 3 aromatic rings. The molecule has 0 unspecified atom stereocenters. The van der Waals surface area contributed by atoms with Gasteiger partial charge < -0.3 is 24.3 Å². The average molecular weight is 496 g/mol. The Bertz CT molecular complexity index is 1190. The normalized spacial score (nSPS) is 21.0. The summed E-state index contributed by atoms with van der Waals surface area (Å²) in [5, 5.41) is 2.91. The summed E-state index contributed by atoms with van der Waals surface area (Å²) in [6, 6.07) is 3.64. The van der Waals surface area contributed by atoms with E-state index in [2.05, 4.69) is 51.0 Å². The molecule has 2 aromatic heterocycles. The van der Waals surface area contributed by atoms with Crippen LogP contribution < -0.4 is 15.1 Å². The van der Waals surface area contributed by atoms with Gasteiger partial charge in [-0.05, 0) is 33.0 Å². The second-order valence-corrected chi connectivity index (χ2v) is 9.32. The third-order valence-corrected chi connectivity index (χ3v) is 6.94. The van der Waals surface area contributed by atoms with Gasteiger partial charge in [-0.3, -0.25) is 9.69 Å².